The number of anilines is 1. The van der Waals surface area contributed by atoms with Crippen LogP contribution in [0.5, 0.6) is 0 Å². The lowest BCUT2D eigenvalue weighted by Gasteiger charge is -2.42. The van der Waals surface area contributed by atoms with Crippen molar-refractivity contribution in [3.05, 3.63) is 63.1 Å². The van der Waals surface area contributed by atoms with Crippen LogP contribution < -0.4 is 9.62 Å². The second-order valence-corrected chi connectivity index (χ2v) is 11.7. The Morgan fingerprint density at radius 1 is 1.06 bits per heavy atom. The Bertz CT molecular complexity index is 983. The minimum atomic E-state index is -3.25. The van der Waals surface area contributed by atoms with Crippen molar-refractivity contribution in [3.63, 3.8) is 0 Å². The predicted octanol–water partition coefficient (Wildman–Crippen LogP) is 6.71. The van der Waals surface area contributed by atoms with E-state index in [9.17, 15) is 8.42 Å². The summed E-state index contributed by atoms with van der Waals surface area (Å²) < 4.78 is 27.3. The van der Waals surface area contributed by atoms with Crippen molar-refractivity contribution < 1.29 is 8.42 Å². The number of hydrogen-bond donors (Lipinski definition) is 1. The summed E-state index contributed by atoms with van der Waals surface area (Å²) in [6.07, 6.45) is 3.32. The zero-order valence-corrected chi connectivity index (χ0v) is 20.9. The molecule has 0 aromatic heterocycles. The van der Waals surface area contributed by atoms with Gasteiger partial charge in [0.2, 0.25) is 10.0 Å². The number of hydrogen-bond acceptors (Lipinski definition) is 3. The van der Waals surface area contributed by atoms with Gasteiger partial charge in [0.15, 0.2) is 0 Å². The van der Waals surface area contributed by atoms with Crippen molar-refractivity contribution in [2.24, 2.45) is 5.92 Å². The van der Waals surface area contributed by atoms with Crippen LogP contribution >= 0.6 is 34.8 Å². The Kier molecular flexibility index (Phi) is 8.56. The highest BCUT2D eigenvalue weighted by molar-refractivity contribution is 7.90. The van der Waals surface area contributed by atoms with Crippen molar-refractivity contribution in [3.8, 4) is 0 Å². The van der Waals surface area contributed by atoms with Gasteiger partial charge in [0.05, 0.1) is 11.3 Å². The van der Waals surface area contributed by atoms with Crippen LogP contribution in [0.1, 0.15) is 51.1 Å². The molecular formula is C23H29Cl3N2O2S. The van der Waals surface area contributed by atoms with E-state index in [0.29, 0.717) is 34.0 Å². The van der Waals surface area contributed by atoms with E-state index in [-0.39, 0.29) is 11.3 Å². The molecule has 1 N–H and O–H groups in total. The van der Waals surface area contributed by atoms with Crippen LogP contribution in [-0.4, -0.2) is 26.8 Å². The van der Waals surface area contributed by atoms with Crippen LogP contribution in [-0.2, 0) is 10.0 Å². The molecule has 1 fully saturated rings. The Hall–Kier alpha value is -0.980. The van der Waals surface area contributed by atoms with Gasteiger partial charge in [-0.15, -0.1) is 0 Å². The summed E-state index contributed by atoms with van der Waals surface area (Å²) in [7, 11) is -3.25. The molecule has 1 saturated heterocycles. The Labute approximate surface area is 200 Å². The standard InChI is InChI=1S/C23H29Cl3N2O2S/c1-3-16(2)31(29,30)27-13-12-17-4-11-23(21-10-7-19(25)14-22(21)26)28(15-17)20-8-5-18(24)6-9-20/h5-10,14,16-17,23,27H,3-4,11-13,15H2,1-2H3/t16?,17-,23-/m0/s1. The van der Waals surface area contributed by atoms with Crippen molar-refractivity contribution in [1.82, 2.24) is 4.72 Å². The Morgan fingerprint density at radius 2 is 1.74 bits per heavy atom. The average molecular weight is 504 g/mol. The molecule has 1 unspecified atom stereocenters. The molecule has 0 bridgehead atoms. The highest BCUT2D eigenvalue weighted by atomic mass is 35.5. The van der Waals surface area contributed by atoms with Crippen LogP contribution in [0.15, 0.2) is 42.5 Å². The molecule has 0 amide bonds. The highest BCUT2D eigenvalue weighted by Crippen LogP contribution is 2.41. The van der Waals surface area contributed by atoms with Gasteiger partial charge in [-0.2, -0.15) is 0 Å². The summed E-state index contributed by atoms with van der Waals surface area (Å²) in [5, 5.41) is 1.60. The minimum absolute atomic E-state index is 0.124. The largest absolute Gasteiger partial charge is 0.364 e. The first-order chi connectivity index (χ1) is 14.7. The maximum Gasteiger partial charge on any atom is 0.214 e. The summed E-state index contributed by atoms with van der Waals surface area (Å²) >= 11 is 18.8. The molecule has 3 rings (SSSR count). The molecule has 2 aromatic carbocycles. The fourth-order valence-electron chi connectivity index (χ4n) is 4.06. The second-order valence-electron chi connectivity index (χ2n) is 8.20. The molecule has 1 aliphatic rings. The van der Waals surface area contributed by atoms with Crippen molar-refractivity contribution in [2.75, 3.05) is 18.0 Å². The van der Waals surface area contributed by atoms with E-state index >= 15 is 0 Å². The van der Waals surface area contributed by atoms with Crippen LogP contribution in [0.3, 0.4) is 0 Å². The molecule has 1 heterocycles. The van der Waals surface area contributed by atoms with Crippen molar-refractivity contribution in [1.29, 1.82) is 0 Å². The molecule has 3 atom stereocenters. The monoisotopic (exact) mass is 502 g/mol. The third kappa shape index (κ3) is 6.29. The predicted molar refractivity (Wildman–Crippen MR) is 132 cm³/mol. The van der Waals surface area contributed by atoms with Crippen LogP contribution in [0.4, 0.5) is 5.69 Å². The van der Waals surface area contributed by atoms with E-state index in [1.807, 2.05) is 43.3 Å². The minimum Gasteiger partial charge on any atom is -0.364 e. The van der Waals surface area contributed by atoms with E-state index in [1.165, 1.54) is 0 Å². The second kappa shape index (κ2) is 10.8. The number of benzene rings is 2. The summed E-state index contributed by atoms with van der Waals surface area (Å²) in [5.41, 5.74) is 2.13. The van der Waals surface area contributed by atoms with Crippen LogP contribution in [0.2, 0.25) is 15.1 Å². The van der Waals surface area contributed by atoms with E-state index in [1.54, 1.807) is 13.0 Å². The van der Waals surface area contributed by atoms with Gasteiger partial charge in [0, 0.05) is 33.8 Å². The fourth-order valence-corrected chi connectivity index (χ4v) is 5.85. The molecule has 1 aliphatic heterocycles. The normalized spacial score (nSPS) is 20.6. The fraction of sp³-hybridized carbons (Fsp3) is 0.478. The lowest BCUT2D eigenvalue weighted by molar-refractivity contribution is 0.343. The van der Waals surface area contributed by atoms with Crippen LogP contribution in [0, 0.1) is 5.92 Å². The summed E-state index contributed by atoms with van der Waals surface area (Å²) in [6.45, 7) is 4.90. The van der Waals surface area contributed by atoms with Gasteiger partial charge in [0.25, 0.3) is 0 Å². The molecule has 2 aromatic rings. The maximum absolute atomic E-state index is 12.3. The third-order valence-electron chi connectivity index (χ3n) is 6.12. The lowest BCUT2D eigenvalue weighted by Crippen LogP contribution is -2.40. The molecular weight excluding hydrogens is 475 g/mol. The smallest absolute Gasteiger partial charge is 0.214 e. The number of rotatable bonds is 8. The van der Waals surface area contributed by atoms with Gasteiger partial charge in [-0.05, 0) is 80.5 Å². The number of nitrogens with zero attached hydrogens (tertiary/aromatic N) is 1. The molecule has 0 radical (unpaired) electrons. The van der Waals surface area contributed by atoms with E-state index in [4.69, 9.17) is 34.8 Å². The van der Waals surface area contributed by atoms with E-state index in [0.717, 1.165) is 37.1 Å². The van der Waals surface area contributed by atoms with Crippen molar-refractivity contribution in [2.45, 2.75) is 50.8 Å². The summed E-state index contributed by atoms with van der Waals surface area (Å²) in [6, 6.07) is 13.6. The van der Waals surface area contributed by atoms with Crippen LogP contribution in [0.25, 0.3) is 0 Å². The van der Waals surface area contributed by atoms with Crippen molar-refractivity contribution >= 4 is 50.5 Å². The van der Waals surface area contributed by atoms with Gasteiger partial charge in [-0.3, -0.25) is 0 Å². The third-order valence-corrected chi connectivity index (χ3v) is 8.93. The Morgan fingerprint density at radius 3 is 2.39 bits per heavy atom. The van der Waals surface area contributed by atoms with Gasteiger partial charge < -0.3 is 4.90 Å². The lowest BCUT2D eigenvalue weighted by atomic mass is 9.86. The first-order valence-corrected chi connectivity index (χ1v) is 13.3. The maximum atomic E-state index is 12.3. The van der Waals surface area contributed by atoms with E-state index in [2.05, 4.69) is 9.62 Å². The first kappa shape index (κ1) is 24.7. The topological polar surface area (TPSA) is 49.4 Å². The molecule has 8 heteroatoms. The van der Waals surface area contributed by atoms with E-state index < -0.39 is 10.0 Å². The van der Waals surface area contributed by atoms with Gasteiger partial charge in [0.1, 0.15) is 0 Å². The average Bonchev–Trinajstić information content (AvgIpc) is 2.74. The quantitative estimate of drug-likeness (QED) is 0.435. The number of piperidine rings is 1. The SMILES string of the molecule is CCC(C)S(=O)(=O)NCC[C@@H]1CC[C@@H](c2ccc(Cl)cc2Cl)N(c2ccc(Cl)cc2)C1. The highest BCUT2D eigenvalue weighted by Gasteiger charge is 2.31. The summed E-state index contributed by atoms with van der Waals surface area (Å²) in [4.78, 5) is 2.35. The summed E-state index contributed by atoms with van der Waals surface area (Å²) in [5.74, 6) is 0.373. The molecule has 0 aliphatic carbocycles. The molecule has 4 nitrogen and oxygen atoms in total. The molecule has 0 spiro atoms. The Balaban J connectivity index is 1.76. The molecule has 170 valence electrons. The van der Waals surface area contributed by atoms with Gasteiger partial charge >= 0.3 is 0 Å². The number of nitrogens with one attached hydrogen (secondary N) is 1. The number of halogens is 3. The zero-order chi connectivity index (χ0) is 22.6. The molecule has 0 saturated carbocycles. The zero-order valence-electron chi connectivity index (χ0n) is 17.8. The number of sulfonamides is 1. The van der Waals surface area contributed by atoms with Gasteiger partial charge in [-0.1, -0.05) is 47.8 Å². The first-order valence-electron chi connectivity index (χ1n) is 10.7. The molecule has 31 heavy (non-hydrogen) atoms. The van der Waals surface area contributed by atoms with Gasteiger partial charge in [-0.25, -0.2) is 13.1 Å².